The highest BCUT2D eigenvalue weighted by molar-refractivity contribution is 5.91. The molecule has 0 aliphatic carbocycles. The van der Waals surface area contributed by atoms with Crippen LogP contribution >= 0.6 is 0 Å². The Morgan fingerprint density at radius 1 is 1.08 bits per heavy atom. The Morgan fingerprint density at radius 2 is 1.81 bits per heavy atom. The summed E-state index contributed by atoms with van der Waals surface area (Å²) in [6, 6.07) is 6.83. The number of ether oxygens (including phenoxy) is 1. The second-order valence-corrected chi connectivity index (χ2v) is 6.89. The maximum Gasteiger partial charge on any atom is 0.122 e. The van der Waals surface area contributed by atoms with E-state index in [0.29, 0.717) is 6.04 Å². The van der Waals surface area contributed by atoms with Crippen molar-refractivity contribution in [3.63, 3.8) is 0 Å². The number of hydrogen-bond acceptors (Lipinski definition) is 3. The average Bonchev–Trinajstić information content (AvgIpc) is 3.03. The number of methoxy groups -OCH3 is 1. The zero-order valence-electron chi connectivity index (χ0n) is 16.8. The average molecular weight is 351 g/mol. The van der Waals surface area contributed by atoms with E-state index in [0.717, 1.165) is 58.7 Å². The number of hydrogen-bond donors (Lipinski definition) is 0. The number of rotatable bonds is 6. The number of pyridine rings is 1. The van der Waals surface area contributed by atoms with Crippen molar-refractivity contribution in [2.45, 2.75) is 59.9 Å². The van der Waals surface area contributed by atoms with E-state index in [2.05, 4.69) is 57.4 Å². The van der Waals surface area contributed by atoms with Crippen molar-refractivity contribution in [1.29, 1.82) is 0 Å². The lowest BCUT2D eigenvalue weighted by molar-refractivity contribution is 0.411. The summed E-state index contributed by atoms with van der Waals surface area (Å²) in [7, 11) is 1.71. The van der Waals surface area contributed by atoms with Crippen molar-refractivity contribution >= 4 is 11.0 Å². The maximum absolute atomic E-state index is 5.47. The molecule has 4 nitrogen and oxygen atoms in total. The molecule has 26 heavy (non-hydrogen) atoms. The SMILES string of the molecule is CCc1nc2c(-c3cc(C)c(OC)cc3C)nccc2n1C(CC)CC. The molecule has 0 radical (unpaired) electrons. The van der Waals surface area contributed by atoms with Gasteiger partial charge in [0.15, 0.2) is 0 Å². The molecule has 0 saturated heterocycles. The van der Waals surface area contributed by atoms with Gasteiger partial charge in [-0.1, -0.05) is 20.8 Å². The topological polar surface area (TPSA) is 39.9 Å². The van der Waals surface area contributed by atoms with E-state index in [1.165, 1.54) is 5.52 Å². The van der Waals surface area contributed by atoms with Gasteiger partial charge in [0.05, 0.1) is 18.3 Å². The highest BCUT2D eigenvalue weighted by atomic mass is 16.5. The minimum absolute atomic E-state index is 0.476. The standard InChI is InChI=1S/C22H29N3O/c1-7-16(8-2)25-18-10-11-23-21(22(18)24-20(25)9-3)17-12-15(5)19(26-6)13-14(17)4/h10-13,16H,7-9H2,1-6H3. The Balaban J connectivity index is 2.28. The van der Waals surface area contributed by atoms with Crippen molar-refractivity contribution in [3.8, 4) is 17.0 Å². The second-order valence-electron chi connectivity index (χ2n) is 6.89. The van der Waals surface area contributed by atoms with Crippen LogP contribution in [-0.2, 0) is 6.42 Å². The van der Waals surface area contributed by atoms with Gasteiger partial charge >= 0.3 is 0 Å². The lowest BCUT2D eigenvalue weighted by atomic mass is 10.0. The van der Waals surface area contributed by atoms with Crippen LogP contribution in [0.1, 0.15) is 56.6 Å². The van der Waals surface area contributed by atoms with Crippen LogP contribution in [0.2, 0.25) is 0 Å². The van der Waals surface area contributed by atoms with E-state index < -0.39 is 0 Å². The Kier molecular flexibility index (Phi) is 5.30. The first kappa shape index (κ1) is 18.4. The molecule has 0 aliphatic heterocycles. The van der Waals surface area contributed by atoms with Gasteiger partial charge in [0.1, 0.15) is 17.1 Å². The summed E-state index contributed by atoms with van der Waals surface area (Å²) in [6.45, 7) is 10.9. The van der Waals surface area contributed by atoms with Gasteiger partial charge in [-0.2, -0.15) is 0 Å². The minimum Gasteiger partial charge on any atom is -0.496 e. The predicted molar refractivity (Wildman–Crippen MR) is 108 cm³/mol. The van der Waals surface area contributed by atoms with Crippen LogP contribution in [0.4, 0.5) is 0 Å². The smallest absolute Gasteiger partial charge is 0.122 e. The van der Waals surface area contributed by atoms with Crippen LogP contribution in [0, 0.1) is 13.8 Å². The molecule has 3 aromatic rings. The fourth-order valence-electron chi connectivity index (χ4n) is 3.84. The van der Waals surface area contributed by atoms with Crippen LogP contribution in [-0.4, -0.2) is 21.6 Å². The van der Waals surface area contributed by atoms with Crippen molar-refractivity contribution in [2.75, 3.05) is 7.11 Å². The maximum atomic E-state index is 5.47. The summed E-state index contributed by atoms with van der Waals surface area (Å²) in [5, 5.41) is 0. The third-order valence-electron chi connectivity index (χ3n) is 5.30. The van der Waals surface area contributed by atoms with E-state index in [4.69, 9.17) is 14.7 Å². The van der Waals surface area contributed by atoms with Crippen LogP contribution < -0.4 is 4.74 Å². The van der Waals surface area contributed by atoms with Crippen LogP contribution in [0.5, 0.6) is 5.75 Å². The van der Waals surface area contributed by atoms with Crippen LogP contribution in [0.25, 0.3) is 22.3 Å². The monoisotopic (exact) mass is 351 g/mol. The lowest BCUT2D eigenvalue weighted by Gasteiger charge is -2.18. The third kappa shape index (κ3) is 2.98. The molecule has 0 fully saturated rings. The molecule has 138 valence electrons. The molecule has 1 aromatic carbocycles. The molecule has 4 heteroatoms. The number of fused-ring (bicyclic) bond motifs is 1. The van der Waals surface area contributed by atoms with Crippen molar-refractivity contribution < 1.29 is 4.74 Å². The molecule has 0 amide bonds. The van der Waals surface area contributed by atoms with E-state index in [1.807, 2.05) is 6.20 Å². The first-order chi connectivity index (χ1) is 12.5. The van der Waals surface area contributed by atoms with Gasteiger partial charge in [-0.3, -0.25) is 4.98 Å². The fraction of sp³-hybridized carbons (Fsp3) is 0.455. The minimum atomic E-state index is 0.476. The second kappa shape index (κ2) is 7.48. The Bertz CT molecular complexity index is 923. The van der Waals surface area contributed by atoms with Gasteiger partial charge in [-0.05, 0) is 56.0 Å². The number of aryl methyl sites for hydroxylation is 3. The molecule has 0 aliphatic rings. The normalized spacial score (nSPS) is 11.5. The number of nitrogens with zero attached hydrogens (tertiary/aromatic N) is 3. The van der Waals surface area contributed by atoms with E-state index in [-0.39, 0.29) is 0 Å². The molecule has 0 unspecified atom stereocenters. The molecular formula is C22H29N3O. The van der Waals surface area contributed by atoms with E-state index in [1.54, 1.807) is 7.11 Å². The molecule has 3 rings (SSSR count). The van der Waals surface area contributed by atoms with Gasteiger partial charge < -0.3 is 9.30 Å². The van der Waals surface area contributed by atoms with Gasteiger partial charge in [0, 0.05) is 24.2 Å². The Hall–Kier alpha value is -2.36. The molecule has 2 heterocycles. The number of aromatic nitrogens is 3. The molecular weight excluding hydrogens is 322 g/mol. The van der Waals surface area contributed by atoms with Crippen molar-refractivity contribution in [2.24, 2.45) is 0 Å². The number of benzene rings is 1. The van der Waals surface area contributed by atoms with E-state index in [9.17, 15) is 0 Å². The largest absolute Gasteiger partial charge is 0.496 e. The van der Waals surface area contributed by atoms with Crippen LogP contribution in [0.3, 0.4) is 0 Å². The summed E-state index contributed by atoms with van der Waals surface area (Å²) >= 11 is 0. The Morgan fingerprint density at radius 3 is 2.42 bits per heavy atom. The lowest BCUT2D eigenvalue weighted by Crippen LogP contribution is -2.10. The van der Waals surface area contributed by atoms with Gasteiger partial charge in [0.2, 0.25) is 0 Å². The molecule has 0 atom stereocenters. The molecule has 0 N–H and O–H groups in total. The van der Waals surface area contributed by atoms with Gasteiger partial charge in [-0.15, -0.1) is 0 Å². The third-order valence-corrected chi connectivity index (χ3v) is 5.30. The Labute approximate surface area is 156 Å². The highest BCUT2D eigenvalue weighted by Gasteiger charge is 2.20. The fourth-order valence-corrected chi connectivity index (χ4v) is 3.84. The summed E-state index contributed by atoms with van der Waals surface area (Å²) in [5.74, 6) is 2.06. The summed E-state index contributed by atoms with van der Waals surface area (Å²) in [5.41, 5.74) is 6.55. The van der Waals surface area contributed by atoms with Crippen molar-refractivity contribution in [3.05, 3.63) is 41.3 Å². The van der Waals surface area contributed by atoms with E-state index >= 15 is 0 Å². The van der Waals surface area contributed by atoms with Crippen molar-refractivity contribution in [1.82, 2.24) is 14.5 Å². The van der Waals surface area contributed by atoms with Crippen LogP contribution in [0.15, 0.2) is 24.4 Å². The molecule has 0 saturated carbocycles. The van der Waals surface area contributed by atoms with Gasteiger partial charge in [-0.25, -0.2) is 4.98 Å². The zero-order chi connectivity index (χ0) is 18.8. The number of imidazole rings is 1. The quantitative estimate of drug-likeness (QED) is 0.576. The molecule has 0 spiro atoms. The molecule has 2 aromatic heterocycles. The predicted octanol–water partition coefficient (Wildman–Crippen LogP) is 5.65. The summed E-state index contributed by atoms with van der Waals surface area (Å²) < 4.78 is 7.89. The van der Waals surface area contributed by atoms with Gasteiger partial charge in [0.25, 0.3) is 0 Å². The summed E-state index contributed by atoms with van der Waals surface area (Å²) in [4.78, 5) is 9.72. The first-order valence-corrected chi connectivity index (χ1v) is 9.56. The highest BCUT2D eigenvalue weighted by Crippen LogP contribution is 2.34. The molecule has 0 bridgehead atoms. The zero-order valence-corrected chi connectivity index (χ0v) is 16.8. The first-order valence-electron chi connectivity index (χ1n) is 9.56. The summed E-state index contributed by atoms with van der Waals surface area (Å²) in [6.07, 6.45) is 5.04.